The van der Waals surface area contributed by atoms with E-state index >= 15 is 0 Å². The Labute approximate surface area is 514 Å². The minimum Gasteiger partial charge on any atom is -0.462 e. The summed E-state index contributed by atoms with van der Waals surface area (Å²) in [6.07, 6.45) is 86.4. The molecule has 6 nitrogen and oxygen atoms in total. The molecule has 0 saturated carbocycles. The van der Waals surface area contributed by atoms with Gasteiger partial charge in [0.1, 0.15) is 13.2 Å². The molecule has 488 valence electrons. The number of unbranched alkanes of at least 4 members (excludes halogenated alkanes) is 61. The molecular weight excluding hydrogens is 1010 g/mol. The first-order valence-electron chi connectivity index (χ1n) is 38.0. The Kier molecular flexibility index (Phi) is 70.5. The van der Waals surface area contributed by atoms with E-state index in [1.165, 1.54) is 353 Å². The lowest BCUT2D eigenvalue weighted by Crippen LogP contribution is -2.30. The van der Waals surface area contributed by atoms with Gasteiger partial charge in [-0.25, -0.2) is 0 Å². The van der Waals surface area contributed by atoms with Gasteiger partial charge in [0, 0.05) is 19.3 Å². The molecule has 0 aromatic rings. The Bertz CT molecular complexity index is 1240. The molecule has 0 aromatic heterocycles. The average Bonchev–Trinajstić information content (AvgIpc) is 3.47. The van der Waals surface area contributed by atoms with Crippen LogP contribution in [0.5, 0.6) is 0 Å². The predicted molar refractivity (Wildman–Crippen MR) is 358 cm³/mol. The molecule has 0 aliphatic heterocycles. The number of hydrogen-bond donors (Lipinski definition) is 0. The van der Waals surface area contributed by atoms with Crippen LogP contribution in [0.15, 0.2) is 0 Å². The molecule has 6 heteroatoms. The van der Waals surface area contributed by atoms with Gasteiger partial charge >= 0.3 is 17.9 Å². The van der Waals surface area contributed by atoms with Crippen LogP contribution in [-0.4, -0.2) is 37.2 Å². The third-order valence-corrected chi connectivity index (χ3v) is 17.9. The first-order valence-corrected chi connectivity index (χ1v) is 38.0. The van der Waals surface area contributed by atoms with Crippen molar-refractivity contribution in [2.75, 3.05) is 13.2 Å². The van der Waals surface area contributed by atoms with E-state index in [0.717, 1.165) is 57.8 Å². The quantitative estimate of drug-likeness (QED) is 0.0343. The van der Waals surface area contributed by atoms with Gasteiger partial charge in [0.15, 0.2) is 6.10 Å². The lowest BCUT2D eigenvalue weighted by molar-refractivity contribution is -0.167. The van der Waals surface area contributed by atoms with Crippen LogP contribution in [0, 0.1) is 0 Å². The van der Waals surface area contributed by atoms with Crippen LogP contribution in [0.1, 0.15) is 451 Å². The summed E-state index contributed by atoms with van der Waals surface area (Å²) in [6.45, 7) is 6.68. The zero-order valence-corrected chi connectivity index (χ0v) is 56.3. The van der Waals surface area contributed by atoms with Crippen molar-refractivity contribution in [2.24, 2.45) is 0 Å². The first-order chi connectivity index (χ1) is 40.5. The van der Waals surface area contributed by atoms with Gasteiger partial charge in [-0.1, -0.05) is 412 Å². The fourth-order valence-corrected chi connectivity index (χ4v) is 12.2. The van der Waals surface area contributed by atoms with E-state index in [0.29, 0.717) is 19.3 Å². The van der Waals surface area contributed by atoms with E-state index in [4.69, 9.17) is 14.2 Å². The van der Waals surface area contributed by atoms with Crippen molar-refractivity contribution < 1.29 is 28.6 Å². The topological polar surface area (TPSA) is 78.9 Å². The van der Waals surface area contributed by atoms with Gasteiger partial charge in [0.25, 0.3) is 0 Å². The second kappa shape index (κ2) is 71.9. The van der Waals surface area contributed by atoms with Crippen molar-refractivity contribution in [3.05, 3.63) is 0 Å². The van der Waals surface area contributed by atoms with E-state index in [-0.39, 0.29) is 31.1 Å². The fraction of sp³-hybridized carbons (Fsp3) is 0.961. The van der Waals surface area contributed by atoms with E-state index in [2.05, 4.69) is 20.8 Å². The van der Waals surface area contributed by atoms with Gasteiger partial charge in [-0.05, 0) is 19.3 Å². The van der Waals surface area contributed by atoms with Crippen LogP contribution in [0.4, 0.5) is 0 Å². The summed E-state index contributed by atoms with van der Waals surface area (Å²) < 4.78 is 16.9. The molecule has 0 aliphatic carbocycles. The molecule has 0 heterocycles. The summed E-state index contributed by atoms with van der Waals surface area (Å²) in [5.41, 5.74) is 0. The highest BCUT2D eigenvalue weighted by atomic mass is 16.6. The third-order valence-electron chi connectivity index (χ3n) is 17.9. The van der Waals surface area contributed by atoms with Crippen molar-refractivity contribution >= 4 is 17.9 Å². The Balaban J connectivity index is 3.88. The summed E-state index contributed by atoms with van der Waals surface area (Å²) in [6, 6.07) is 0. The smallest absolute Gasteiger partial charge is 0.306 e. The van der Waals surface area contributed by atoms with E-state index in [9.17, 15) is 14.4 Å². The van der Waals surface area contributed by atoms with Crippen LogP contribution in [-0.2, 0) is 28.6 Å². The van der Waals surface area contributed by atoms with Crippen LogP contribution in [0.2, 0.25) is 0 Å². The number of rotatable bonds is 72. The molecule has 1 atom stereocenters. The summed E-state index contributed by atoms with van der Waals surface area (Å²) in [5.74, 6) is -0.835. The SMILES string of the molecule is CCCCCCCCCCCCCCCCCCCCCCCCCCCCCCCCCCCC(=O)OCC(COC(=O)CCCCCCCC)OC(=O)CCCCCCCCCCCCCCCCCCCCCCCCCCC. The highest BCUT2D eigenvalue weighted by molar-refractivity contribution is 5.71. The summed E-state index contributed by atoms with van der Waals surface area (Å²) in [4.78, 5) is 38.1. The molecule has 82 heavy (non-hydrogen) atoms. The van der Waals surface area contributed by atoms with Gasteiger partial charge in [0.2, 0.25) is 0 Å². The second-order valence-electron chi connectivity index (χ2n) is 26.3. The van der Waals surface area contributed by atoms with Gasteiger partial charge in [-0.3, -0.25) is 14.4 Å². The van der Waals surface area contributed by atoms with Crippen LogP contribution < -0.4 is 0 Å². The minimum atomic E-state index is -0.762. The van der Waals surface area contributed by atoms with Gasteiger partial charge in [0.05, 0.1) is 0 Å². The normalized spacial score (nSPS) is 11.9. The molecule has 0 amide bonds. The largest absolute Gasteiger partial charge is 0.462 e. The first kappa shape index (κ1) is 80.4. The Morgan fingerprint density at radius 2 is 0.329 bits per heavy atom. The maximum atomic E-state index is 12.9. The summed E-state index contributed by atoms with van der Waals surface area (Å²) >= 11 is 0. The molecule has 0 bridgehead atoms. The molecule has 0 fully saturated rings. The molecule has 1 unspecified atom stereocenters. The summed E-state index contributed by atoms with van der Waals surface area (Å²) in [7, 11) is 0. The highest BCUT2D eigenvalue weighted by Gasteiger charge is 2.20. The molecule has 0 aliphatic rings. The molecule has 0 spiro atoms. The maximum absolute atomic E-state index is 12.9. The number of ether oxygens (including phenoxy) is 3. The second-order valence-corrected chi connectivity index (χ2v) is 26.3. The number of carbonyl (C=O) groups excluding carboxylic acids is 3. The summed E-state index contributed by atoms with van der Waals surface area (Å²) in [5, 5.41) is 0. The average molecular weight is 1160 g/mol. The van der Waals surface area contributed by atoms with Gasteiger partial charge in [-0.2, -0.15) is 0 Å². The zero-order chi connectivity index (χ0) is 59.2. The van der Waals surface area contributed by atoms with E-state index in [1.807, 2.05) is 0 Å². The van der Waals surface area contributed by atoms with Crippen molar-refractivity contribution in [3.63, 3.8) is 0 Å². The van der Waals surface area contributed by atoms with Crippen molar-refractivity contribution in [1.29, 1.82) is 0 Å². The highest BCUT2D eigenvalue weighted by Crippen LogP contribution is 2.20. The van der Waals surface area contributed by atoms with Crippen LogP contribution >= 0.6 is 0 Å². The molecule has 0 rings (SSSR count). The molecule has 0 N–H and O–H groups in total. The van der Waals surface area contributed by atoms with Crippen molar-refractivity contribution in [3.8, 4) is 0 Å². The van der Waals surface area contributed by atoms with Crippen LogP contribution in [0.25, 0.3) is 0 Å². The maximum Gasteiger partial charge on any atom is 0.306 e. The molecule has 0 saturated heterocycles. The standard InChI is InChI=1S/C76H148O6/c1-4-7-10-13-16-18-20-22-24-26-28-30-32-34-35-36-37-38-39-40-41-43-44-46-48-50-52-54-56-58-60-63-66-69-75(78)81-72-73(71-80-74(77)68-65-62-15-12-9-6-3)82-76(79)70-67-64-61-59-57-55-53-51-49-47-45-42-33-31-29-27-25-23-21-19-17-14-11-8-5-2/h73H,4-72H2,1-3H3. The van der Waals surface area contributed by atoms with Gasteiger partial charge in [-0.15, -0.1) is 0 Å². The van der Waals surface area contributed by atoms with Crippen molar-refractivity contribution in [2.45, 2.75) is 457 Å². The monoisotopic (exact) mass is 1160 g/mol. The number of hydrogen-bond acceptors (Lipinski definition) is 6. The molecular formula is C76H148O6. The lowest BCUT2D eigenvalue weighted by atomic mass is 10.0. The Hall–Kier alpha value is -1.59. The van der Waals surface area contributed by atoms with Crippen LogP contribution in [0.3, 0.4) is 0 Å². The number of carbonyl (C=O) groups is 3. The zero-order valence-electron chi connectivity index (χ0n) is 56.3. The van der Waals surface area contributed by atoms with E-state index < -0.39 is 6.10 Å². The molecule has 0 aromatic carbocycles. The lowest BCUT2D eigenvalue weighted by Gasteiger charge is -2.18. The predicted octanol–water partition coefficient (Wildman–Crippen LogP) is 26.2. The Morgan fingerprint density at radius 1 is 0.195 bits per heavy atom. The Morgan fingerprint density at radius 3 is 0.488 bits per heavy atom. The van der Waals surface area contributed by atoms with Gasteiger partial charge < -0.3 is 14.2 Å². The molecule has 0 radical (unpaired) electrons. The van der Waals surface area contributed by atoms with E-state index in [1.54, 1.807) is 0 Å². The minimum absolute atomic E-state index is 0.0615. The fourth-order valence-electron chi connectivity index (χ4n) is 12.2. The number of esters is 3. The third kappa shape index (κ3) is 69.2. The van der Waals surface area contributed by atoms with Crippen molar-refractivity contribution in [1.82, 2.24) is 0 Å².